The van der Waals surface area contributed by atoms with Crippen LogP contribution in [-0.4, -0.2) is 26.3 Å². The number of benzene rings is 2. The number of rotatable bonds is 6. The number of carbonyl (C=O) groups excluding carboxylic acids is 2. The maximum Gasteiger partial charge on any atom is 0.286 e. The molecule has 0 fully saturated rings. The van der Waals surface area contributed by atoms with Crippen molar-refractivity contribution in [2.45, 2.75) is 6.92 Å². The predicted molar refractivity (Wildman–Crippen MR) is 123 cm³/mol. The molecule has 0 aliphatic carbocycles. The Morgan fingerprint density at radius 2 is 1.71 bits per heavy atom. The molecule has 35 heavy (non-hydrogen) atoms. The number of amides is 2. The van der Waals surface area contributed by atoms with Crippen molar-refractivity contribution in [1.82, 2.24) is 14.5 Å². The smallest absolute Gasteiger partial charge is 0.286 e. The van der Waals surface area contributed by atoms with Crippen LogP contribution in [0.15, 0.2) is 78.0 Å². The lowest BCUT2D eigenvalue weighted by Crippen LogP contribution is -2.29. The molecule has 0 aliphatic rings. The molecule has 2 N–H and O–H groups in total. The lowest BCUT2D eigenvalue weighted by atomic mass is 10.2. The summed E-state index contributed by atoms with van der Waals surface area (Å²) in [6.07, 6.45) is 3.98. The Balaban J connectivity index is 1.51. The molecule has 0 unspecified atom stereocenters. The number of aromatic nitrogens is 3. The summed E-state index contributed by atoms with van der Waals surface area (Å²) in [5.74, 6) is -2.10. The number of halogens is 2. The molecule has 4 rings (SSSR count). The molecule has 176 valence electrons. The largest absolute Gasteiger partial charge is 0.454 e. The molecule has 0 aliphatic heterocycles. The van der Waals surface area contributed by atoms with E-state index in [1.54, 1.807) is 0 Å². The molecule has 0 bridgehead atoms. The first kappa shape index (κ1) is 23.2. The van der Waals surface area contributed by atoms with Gasteiger partial charge in [0.2, 0.25) is 5.91 Å². The van der Waals surface area contributed by atoms with E-state index in [9.17, 15) is 23.2 Å². The van der Waals surface area contributed by atoms with Crippen LogP contribution < -0.4 is 20.9 Å². The highest BCUT2D eigenvalue weighted by molar-refractivity contribution is 6.02. The fraction of sp³-hybridized carbons (Fsp3) is 0.0417. The summed E-state index contributed by atoms with van der Waals surface area (Å²) < 4.78 is 34.4. The molecule has 4 aromatic rings. The van der Waals surface area contributed by atoms with Gasteiger partial charge in [0.05, 0.1) is 0 Å². The molecule has 2 aromatic heterocycles. The van der Waals surface area contributed by atoms with Crippen molar-refractivity contribution in [3.63, 3.8) is 0 Å². The Morgan fingerprint density at radius 3 is 2.43 bits per heavy atom. The lowest BCUT2D eigenvalue weighted by Gasteiger charge is -2.11. The van der Waals surface area contributed by atoms with Gasteiger partial charge in [-0.1, -0.05) is 0 Å². The van der Waals surface area contributed by atoms with Gasteiger partial charge in [0.1, 0.15) is 17.4 Å². The first-order valence-electron chi connectivity index (χ1n) is 10.2. The summed E-state index contributed by atoms with van der Waals surface area (Å²) in [6.45, 7) is 1.32. The summed E-state index contributed by atoms with van der Waals surface area (Å²) in [6, 6.07) is 11.7. The summed E-state index contributed by atoms with van der Waals surface area (Å²) in [5, 5.41) is 4.91. The molecule has 2 amide bonds. The van der Waals surface area contributed by atoms with E-state index >= 15 is 0 Å². The van der Waals surface area contributed by atoms with Gasteiger partial charge in [0, 0.05) is 49.0 Å². The first-order valence-corrected chi connectivity index (χ1v) is 10.2. The van der Waals surface area contributed by atoms with E-state index in [1.807, 2.05) is 0 Å². The Kier molecular flexibility index (Phi) is 6.58. The normalized spacial score (nSPS) is 10.5. The van der Waals surface area contributed by atoms with Crippen LogP contribution >= 0.6 is 0 Å². The molecule has 2 heterocycles. The first-order chi connectivity index (χ1) is 16.8. The zero-order chi connectivity index (χ0) is 24.9. The number of nitrogens with zero attached hydrogens (tertiary/aromatic N) is 3. The maximum absolute atomic E-state index is 14.6. The summed E-state index contributed by atoms with van der Waals surface area (Å²) in [7, 11) is 0. The molecular weight excluding hydrogens is 460 g/mol. The van der Waals surface area contributed by atoms with E-state index in [0.29, 0.717) is 5.69 Å². The van der Waals surface area contributed by atoms with Gasteiger partial charge in [-0.05, 0) is 42.5 Å². The van der Waals surface area contributed by atoms with Gasteiger partial charge in [-0.2, -0.15) is 0 Å². The average Bonchev–Trinajstić information content (AvgIpc) is 2.81. The molecule has 0 saturated carbocycles. The minimum absolute atomic E-state index is 0.0619. The number of pyridine rings is 1. The summed E-state index contributed by atoms with van der Waals surface area (Å²) in [4.78, 5) is 44.3. The Morgan fingerprint density at radius 1 is 0.943 bits per heavy atom. The third-order valence-corrected chi connectivity index (χ3v) is 4.61. The Bertz CT molecular complexity index is 1470. The van der Waals surface area contributed by atoms with E-state index in [2.05, 4.69) is 20.6 Å². The number of nitrogens with one attached hydrogen (secondary N) is 2. The third kappa shape index (κ3) is 5.53. The monoisotopic (exact) mass is 477 g/mol. The number of anilines is 2. The third-order valence-electron chi connectivity index (χ3n) is 4.61. The van der Waals surface area contributed by atoms with E-state index in [4.69, 9.17) is 4.74 Å². The van der Waals surface area contributed by atoms with Crippen molar-refractivity contribution in [3.05, 3.63) is 101 Å². The van der Waals surface area contributed by atoms with Gasteiger partial charge in [0.15, 0.2) is 17.3 Å². The second kappa shape index (κ2) is 9.91. The van der Waals surface area contributed by atoms with Crippen LogP contribution in [0.25, 0.3) is 5.69 Å². The zero-order valence-electron chi connectivity index (χ0n) is 18.2. The molecule has 2 aromatic carbocycles. The van der Waals surface area contributed by atoms with E-state index in [0.717, 1.165) is 10.6 Å². The number of hydrogen-bond donors (Lipinski definition) is 2. The van der Waals surface area contributed by atoms with Crippen LogP contribution in [0.5, 0.6) is 11.5 Å². The summed E-state index contributed by atoms with van der Waals surface area (Å²) in [5.41, 5.74) is -0.755. The van der Waals surface area contributed by atoms with Gasteiger partial charge in [0.25, 0.3) is 11.5 Å². The fourth-order valence-electron chi connectivity index (χ4n) is 3.07. The van der Waals surface area contributed by atoms with Crippen LogP contribution in [0.3, 0.4) is 0 Å². The maximum atomic E-state index is 14.6. The van der Waals surface area contributed by atoms with Crippen LogP contribution in [0.4, 0.5) is 20.3 Å². The van der Waals surface area contributed by atoms with Crippen molar-refractivity contribution in [2.24, 2.45) is 0 Å². The molecule has 0 spiro atoms. The van der Waals surface area contributed by atoms with Crippen LogP contribution in [0.1, 0.15) is 17.4 Å². The molecule has 11 heteroatoms. The second-order valence-corrected chi connectivity index (χ2v) is 7.19. The number of carbonyl (C=O) groups is 2. The highest BCUT2D eigenvalue weighted by Gasteiger charge is 2.16. The van der Waals surface area contributed by atoms with Gasteiger partial charge in [-0.15, -0.1) is 0 Å². The zero-order valence-corrected chi connectivity index (χ0v) is 18.2. The van der Waals surface area contributed by atoms with Crippen LogP contribution in [0.2, 0.25) is 0 Å². The van der Waals surface area contributed by atoms with E-state index < -0.39 is 28.8 Å². The molecule has 0 radical (unpaired) electrons. The van der Waals surface area contributed by atoms with Gasteiger partial charge < -0.3 is 15.4 Å². The SMILES string of the molecule is CC(=O)Nc1cc(Oc2ccc(NC(=O)c3nccn(-c4ccc(F)cc4)c3=O)cc2F)ccn1. The summed E-state index contributed by atoms with van der Waals surface area (Å²) >= 11 is 0. The second-order valence-electron chi connectivity index (χ2n) is 7.19. The predicted octanol–water partition coefficient (Wildman–Crippen LogP) is 3.91. The number of hydrogen-bond acceptors (Lipinski definition) is 6. The fourth-order valence-corrected chi connectivity index (χ4v) is 3.07. The molecule has 0 saturated heterocycles. The Hall–Kier alpha value is -4.93. The molecular formula is C24H17F2N5O4. The average molecular weight is 477 g/mol. The van der Waals surface area contributed by atoms with E-state index in [1.165, 1.54) is 74.0 Å². The van der Waals surface area contributed by atoms with Crippen LogP contribution in [-0.2, 0) is 4.79 Å². The van der Waals surface area contributed by atoms with Crippen molar-refractivity contribution < 1.29 is 23.1 Å². The van der Waals surface area contributed by atoms with Gasteiger partial charge in [-0.25, -0.2) is 18.7 Å². The Labute approximate surface area is 197 Å². The minimum atomic E-state index is -0.853. The lowest BCUT2D eigenvalue weighted by molar-refractivity contribution is -0.114. The van der Waals surface area contributed by atoms with Crippen LogP contribution in [0, 0.1) is 11.6 Å². The highest BCUT2D eigenvalue weighted by Crippen LogP contribution is 2.27. The van der Waals surface area contributed by atoms with Crippen molar-refractivity contribution in [3.8, 4) is 17.2 Å². The van der Waals surface area contributed by atoms with E-state index in [-0.39, 0.29) is 28.9 Å². The minimum Gasteiger partial charge on any atom is -0.454 e. The molecule has 0 atom stereocenters. The topological polar surface area (TPSA) is 115 Å². The van der Waals surface area contributed by atoms with Crippen molar-refractivity contribution in [1.29, 1.82) is 0 Å². The number of ether oxygens (including phenoxy) is 1. The van der Waals surface area contributed by atoms with Crippen molar-refractivity contribution in [2.75, 3.05) is 10.6 Å². The van der Waals surface area contributed by atoms with Crippen molar-refractivity contribution >= 4 is 23.3 Å². The quantitative estimate of drug-likeness (QED) is 0.435. The van der Waals surface area contributed by atoms with Gasteiger partial charge >= 0.3 is 0 Å². The highest BCUT2D eigenvalue weighted by atomic mass is 19.1. The standard InChI is InChI=1S/C24H17F2N5O4/c1-14(32)29-21-13-18(8-9-27-21)35-20-7-4-16(12-19(20)26)30-23(33)22-24(34)31(11-10-28-22)17-5-2-15(25)3-6-17/h2-13H,1H3,(H,30,33)(H,27,29,32). The molecule has 9 nitrogen and oxygen atoms in total. The van der Waals surface area contributed by atoms with Gasteiger partial charge in [-0.3, -0.25) is 19.0 Å².